The van der Waals surface area contributed by atoms with Crippen LogP contribution in [0.4, 0.5) is 0 Å². The van der Waals surface area contributed by atoms with Crippen molar-refractivity contribution in [2.45, 2.75) is 51.7 Å². The molecule has 0 unspecified atom stereocenters. The number of fused-ring (bicyclic) bond motifs is 1. The Balaban J connectivity index is 1.25. The molecule has 4 saturated carbocycles. The largest absolute Gasteiger partial charge is 0.352 e. The van der Waals surface area contributed by atoms with Crippen LogP contribution < -0.4 is 10.6 Å². The average Bonchev–Trinajstić information content (AvgIpc) is 2.99. The SMILES string of the molecule is O=C(NCc1ccc2c(c1)CNC2)C1C2CC3CC(C2)CC1C3. The topological polar surface area (TPSA) is 41.1 Å². The second-order valence-corrected chi connectivity index (χ2v) is 8.38. The van der Waals surface area contributed by atoms with E-state index >= 15 is 0 Å². The van der Waals surface area contributed by atoms with E-state index < -0.39 is 0 Å². The first-order chi connectivity index (χ1) is 11.3. The van der Waals surface area contributed by atoms with Crippen molar-refractivity contribution in [3.63, 3.8) is 0 Å². The molecular formula is C20H26N2O. The standard InChI is InChI=1S/C20H26N2O/c23-20(19-16-5-13-3-14(7-16)8-17(19)6-13)22-9-12-1-2-15-10-21-11-18(15)4-12/h1-2,4,13-14,16-17,19,21H,3,5-11H2,(H,22,23). The minimum Gasteiger partial charge on any atom is -0.352 e. The Morgan fingerprint density at radius 3 is 2.43 bits per heavy atom. The first-order valence-corrected chi connectivity index (χ1v) is 9.35. The molecule has 3 heteroatoms. The van der Waals surface area contributed by atoms with Gasteiger partial charge in [-0.15, -0.1) is 0 Å². The van der Waals surface area contributed by atoms with Crippen LogP contribution in [0.25, 0.3) is 0 Å². The van der Waals surface area contributed by atoms with E-state index in [9.17, 15) is 4.79 Å². The van der Waals surface area contributed by atoms with Gasteiger partial charge in [0.05, 0.1) is 0 Å². The van der Waals surface area contributed by atoms with E-state index in [0.29, 0.717) is 30.2 Å². The van der Waals surface area contributed by atoms with Gasteiger partial charge in [0.15, 0.2) is 0 Å². The van der Waals surface area contributed by atoms with Gasteiger partial charge in [-0.3, -0.25) is 4.79 Å². The van der Waals surface area contributed by atoms with E-state index in [4.69, 9.17) is 0 Å². The first kappa shape index (κ1) is 14.0. The highest BCUT2D eigenvalue weighted by Crippen LogP contribution is 2.56. The molecule has 23 heavy (non-hydrogen) atoms. The zero-order valence-electron chi connectivity index (χ0n) is 13.7. The van der Waals surface area contributed by atoms with Crippen molar-refractivity contribution in [1.82, 2.24) is 10.6 Å². The number of rotatable bonds is 3. The summed E-state index contributed by atoms with van der Waals surface area (Å²) in [6, 6.07) is 6.63. The van der Waals surface area contributed by atoms with E-state index in [1.54, 1.807) is 0 Å². The van der Waals surface area contributed by atoms with Crippen LogP contribution in [0.15, 0.2) is 18.2 Å². The van der Waals surface area contributed by atoms with E-state index in [0.717, 1.165) is 24.9 Å². The maximum atomic E-state index is 12.8. The molecule has 1 aliphatic heterocycles. The predicted molar refractivity (Wildman–Crippen MR) is 89.4 cm³/mol. The highest BCUT2D eigenvalue weighted by molar-refractivity contribution is 5.79. The van der Waals surface area contributed by atoms with Crippen LogP contribution in [0.3, 0.4) is 0 Å². The van der Waals surface area contributed by atoms with Crippen molar-refractivity contribution in [1.29, 1.82) is 0 Å². The monoisotopic (exact) mass is 310 g/mol. The molecule has 0 radical (unpaired) electrons. The van der Waals surface area contributed by atoms with Gasteiger partial charge >= 0.3 is 0 Å². The summed E-state index contributed by atoms with van der Waals surface area (Å²) in [5.74, 6) is 3.86. The molecule has 1 amide bonds. The number of carbonyl (C=O) groups excluding carboxylic acids is 1. The summed E-state index contributed by atoms with van der Waals surface area (Å²) >= 11 is 0. The number of carbonyl (C=O) groups is 1. The van der Waals surface area contributed by atoms with Gasteiger partial charge < -0.3 is 10.6 Å². The smallest absolute Gasteiger partial charge is 0.223 e. The molecule has 1 aromatic rings. The lowest BCUT2D eigenvalue weighted by atomic mass is 9.51. The van der Waals surface area contributed by atoms with Crippen LogP contribution in [0.1, 0.15) is 48.8 Å². The Hall–Kier alpha value is -1.35. The molecule has 5 aliphatic rings. The second-order valence-electron chi connectivity index (χ2n) is 8.38. The highest BCUT2D eigenvalue weighted by Gasteiger charge is 2.50. The molecule has 0 saturated heterocycles. The van der Waals surface area contributed by atoms with Crippen LogP contribution in [0.5, 0.6) is 0 Å². The minimum atomic E-state index is 0.305. The number of amides is 1. The minimum absolute atomic E-state index is 0.305. The van der Waals surface area contributed by atoms with E-state index in [1.165, 1.54) is 48.8 Å². The summed E-state index contributed by atoms with van der Waals surface area (Å²) in [7, 11) is 0. The zero-order chi connectivity index (χ0) is 15.4. The van der Waals surface area contributed by atoms with Crippen molar-refractivity contribution in [3.05, 3.63) is 34.9 Å². The summed E-state index contributed by atoms with van der Waals surface area (Å²) in [5, 5.41) is 6.64. The van der Waals surface area contributed by atoms with Crippen molar-refractivity contribution in [2.75, 3.05) is 0 Å². The molecule has 4 fully saturated rings. The predicted octanol–water partition coefficient (Wildman–Crippen LogP) is 2.98. The Morgan fingerprint density at radius 1 is 1.00 bits per heavy atom. The summed E-state index contributed by atoms with van der Waals surface area (Å²) in [6.07, 6.45) is 6.71. The van der Waals surface area contributed by atoms with Gasteiger partial charge in [0.1, 0.15) is 0 Å². The quantitative estimate of drug-likeness (QED) is 0.901. The first-order valence-electron chi connectivity index (χ1n) is 9.35. The summed E-state index contributed by atoms with van der Waals surface area (Å²) < 4.78 is 0. The molecule has 0 aromatic heterocycles. The van der Waals surface area contributed by atoms with Crippen molar-refractivity contribution in [2.24, 2.45) is 29.6 Å². The Morgan fingerprint density at radius 2 is 1.70 bits per heavy atom. The molecule has 1 heterocycles. The zero-order valence-corrected chi connectivity index (χ0v) is 13.7. The van der Waals surface area contributed by atoms with Crippen LogP contribution >= 0.6 is 0 Å². The molecule has 0 spiro atoms. The van der Waals surface area contributed by atoms with Crippen LogP contribution in [-0.2, 0) is 24.4 Å². The van der Waals surface area contributed by atoms with Crippen LogP contribution in [0.2, 0.25) is 0 Å². The van der Waals surface area contributed by atoms with Crippen molar-refractivity contribution < 1.29 is 4.79 Å². The van der Waals surface area contributed by atoms with E-state index in [2.05, 4.69) is 28.8 Å². The molecule has 0 atom stereocenters. The Labute approximate surface area is 138 Å². The number of benzene rings is 1. The number of hydrogen-bond acceptors (Lipinski definition) is 2. The molecule has 4 aliphatic carbocycles. The summed E-state index contributed by atoms with van der Waals surface area (Å²) in [4.78, 5) is 12.8. The molecule has 4 bridgehead atoms. The van der Waals surface area contributed by atoms with Gasteiger partial charge in [0.25, 0.3) is 0 Å². The molecule has 3 nitrogen and oxygen atoms in total. The normalized spacial score (nSPS) is 37.0. The number of nitrogens with one attached hydrogen (secondary N) is 2. The Bertz CT molecular complexity index is 611. The fraction of sp³-hybridized carbons (Fsp3) is 0.650. The van der Waals surface area contributed by atoms with Gasteiger partial charge in [-0.05, 0) is 72.5 Å². The van der Waals surface area contributed by atoms with Crippen LogP contribution in [0, 0.1) is 29.6 Å². The molecule has 122 valence electrons. The lowest BCUT2D eigenvalue weighted by Gasteiger charge is -2.53. The summed E-state index contributed by atoms with van der Waals surface area (Å²) in [6.45, 7) is 2.64. The van der Waals surface area contributed by atoms with Gasteiger partial charge in [-0.25, -0.2) is 0 Å². The van der Waals surface area contributed by atoms with Gasteiger partial charge in [0, 0.05) is 25.6 Å². The van der Waals surface area contributed by atoms with Crippen molar-refractivity contribution >= 4 is 5.91 Å². The number of hydrogen-bond donors (Lipinski definition) is 2. The fourth-order valence-electron chi connectivity index (χ4n) is 6.12. The maximum absolute atomic E-state index is 12.8. The fourth-order valence-corrected chi connectivity index (χ4v) is 6.12. The second kappa shape index (κ2) is 5.34. The van der Waals surface area contributed by atoms with Gasteiger partial charge in [0.2, 0.25) is 5.91 Å². The highest BCUT2D eigenvalue weighted by atomic mass is 16.1. The maximum Gasteiger partial charge on any atom is 0.223 e. The third-order valence-electron chi connectivity index (χ3n) is 6.90. The van der Waals surface area contributed by atoms with Gasteiger partial charge in [-0.2, -0.15) is 0 Å². The van der Waals surface area contributed by atoms with Crippen LogP contribution in [-0.4, -0.2) is 5.91 Å². The van der Waals surface area contributed by atoms with E-state index in [1.807, 2.05) is 0 Å². The molecule has 6 rings (SSSR count). The third kappa shape index (κ3) is 2.40. The lowest BCUT2D eigenvalue weighted by molar-refractivity contribution is -0.138. The molecule has 1 aromatic carbocycles. The van der Waals surface area contributed by atoms with E-state index in [-0.39, 0.29) is 0 Å². The molecular weight excluding hydrogens is 284 g/mol. The van der Waals surface area contributed by atoms with Crippen molar-refractivity contribution in [3.8, 4) is 0 Å². The average molecular weight is 310 g/mol. The Kier molecular flexibility index (Phi) is 3.26. The summed E-state index contributed by atoms with van der Waals surface area (Å²) in [5.41, 5.74) is 4.04. The van der Waals surface area contributed by atoms with Gasteiger partial charge in [-0.1, -0.05) is 18.2 Å². The molecule has 2 N–H and O–H groups in total. The third-order valence-corrected chi connectivity index (χ3v) is 6.90. The lowest BCUT2D eigenvalue weighted by Crippen LogP contribution is -2.50.